The Bertz CT molecular complexity index is 956. The molecule has 0 aliphatic heterocycles. The molecule has 0 aliphatic carbocycles. The highest BCUT2D eigenvalue weighted by Crippen LogP contribution is 2.17. The fourth-order valence-electron chi connectivity index (χ4n) is 2.38. The Hall–Kier alpha value is -2.91. The molecule has 0 saturated carbocycles. The van der Waals surface area contributed by atoms with Crippen molar-refractivity contribution in [1.82, 2.24) is 9.21 Å². The number of ether oxygens (including phenoxy) is 1. The van der Waals surface area contributed by atoms with Crippen molar-refractivity contribution in [2.24, 2.45) is 0 Å². The first-order valence-corrected chi connectivity index (χ1v) is 9.81. The molecule has 9 heteroatoms. The van der Waals surface area contributed by atoms with Gasteiger partial charge >= 0.3 is 0 Å². The molecule has 0 bridgehead atoms. The highest BCUT2D eigenvalue weighted by atomic mass is 32.2. The van der Waals surface area contributed by atoms with Gasteiger partial charge in [0.15, 0.2) is 0 Å². The summed E-state index contributed by atoms with van der Waals surface area (Å²) in [6.07, 6.45) is 0. The Labute approximate surface area is 164 Å². The van der Waals surface area contributed by atoms with E-state index in [0.717, 1.165) is 4.31 Å². The van der Waals surface area contributed by atoms with Crippen LogP contribution in [0.5, 0.6) is 5.75 Å². The molecule has 0 aliphatic rings. The SMILES string of the molecule is COc1ccc(NC(=O)CN(C)C(=O)c2cccc(S(=O)(=O)N(C)C)c2)cc1. The summed E-state index contributed by atoms with van der Waals surface area (Å²) in [6.45, 7) is -0.185. The number of benzene rings is 2. The van der Waals surface area contributed by atoms with E-state index in [-0.39, 0.29) is 22.9 Å². The minimum atomic E-state index is -3.66. The maximum absolute atomic E-state index is 12.6. The molecule has 0 saturated heterocycles. The predicted octanol–water partition coefficient (Wildman–Crippen LogP) is 1.66. The van der Waals surface area contributed by atoms with Crippen LogP contribution in [0.4, 0.5) is 5.69 Å². The monoisotopic (exact) mass is 405 g/mol. The normalized spacial score (nSPS) is 11.2. The number of rotatable bonds is 7. The molecule has 8 nitrogen and oxygen atoms in total. The average molecular weight is 405 g/mol. The van der Waals surface area contributed by atoms with Gasteiger partial charge in [0.1, 0.15) is 5.75 Å². The van der Waals surface area contributed by atoms with Crippen LogP contribution >= 0.6 is 0 Å². The Morgan fingerprint density at radius 3 is 2.25 bits per heavy atom. The van der Waals surface area contributed by atoms with Crippen LogP contribution in [0.1, 0.15) is 10.4 Å². The lowest BCUT2D eigenvalue weighted by atomic mass is 10.2. The summed E-state index contributed by atoms with van der Waals surface area (Å²) >= 11 is 0. The number of methoxy groups -OCH3 is 1. The predicted molar refractivity (Wildman–Crippen MR) is 106 cm³/mol. The molecule has 28 heavy (non-hydrogen) atoms. The summed E-state index contributed by atoms with van der Waals surface area (Å²) in [5, 5.41) is 2.69. The smallest absolute Gasteiger partial charge is 0.254 e. The first kappa shape index (κ1) is 21.4. The molecule has 0 unspecified atom stereocenters. The Morgan fingerprint density at radius 2 is 1.68 bits per heavy atom. The molecule has 0 aromatic heterocycles. The second-order valence-electron chi connectivity index (χ2n) is 6.25. The molecule has 2 amide bonds. The van der Waals surface area contributed by atoms with Crippen molar-refractivity contribution in [2.45, 2.75) is 4.90 Å². The van der Waals surface area contributed by atoms with Crippen LogP contribution < -0.4 is 10.1 Å². The average Bonchev–Trinajstić information content (AvgIpc) is 2.67. The third kappa shape index (κ3) is 5.08. The van der Waals surface area contributed by atoms with E-state index >= 15 is 0 Å². The summed E-state index contributed by atoms with van der Waals surface area (Å²) in [4.78, 5) is 26.0. The van der Waals surface area contributed by atoms with Crippen LogP contribution in [0, 0.1) is 0 Å². The summed E-state index contributed by atoms with van der Waals surface area (Å²) in [7, 11) is 2.20. The lowest BCUT2D eigenvalue weighted by molar-refractivity contribution is -0.116. The van der Waals surface area contributed by atoms with Crippen LogP contribution in [-0.2, 0) is 14.8 Å². The van der Waals surface area contributed by atoms with Gasteiger partial charge in [-0.2, -0.15) is 0 Å². The van der Waals surface area contributed by atoms with Crippen molar-refractivity contribution in [1.29, 1.82) is 0 Å². The van der Waals surface area contributed by atoms with Gasteiger partial charge in [-0.05, 0) is 42.5 Å². The Balaban J connectivity index is 2.06. The van der Waals surface area contributed by atoms with Gasteiger partial charge in [-0.15, -0.1) is 0 Å². The van der Waals surface area contributed by atoms with Crippen molar-refractivity contribution < 1.29 is 22.7 Å². The first-order chi connectivity index (χ1) is 13.1. The fourth-order valence-corrected chi connectivity index (χ4v) is 3.33. The largest absolute Gasteiger partial charge is 0.497 e. The quantitative estimate of drug-likeness (QED) is 0.756. The van der Waals surface area contributed by atoms with Crippen LogP contribution in [0.2, 0.25) is 0 Å². The summed E-state index contributed by atoms with van der Waals surface area (Å²) in [5.74, 6) is -0.170. The van der Waals surface area contributed by atoms with E-state index in [0.29, 0.717) is 11.4 Å². The number of anilines is 1. The van der Waals surface area contributed by atoms with Gasteiger partial charge in [-0.25, -0.2) is 12.7 Å². The zero-order valence-electron chi connectivity index (χ0n) is 16.2. The minimum Gasteiger partial charge on any atom is -0.497 e. The number of likely N-dealkylation sites (N-methyl/N-ethyl adjacent to an activating group) is 1. The maximum atomic E-state index is 12.6. The molecule has 2 aromatic carbocycles. The Morgan fingerprint density at radius 1 is 1.04 bits per heavy atom. The van der Waals surface area contributed by atoms with Gasteiger partial charge in [0, 0.05) is 32.4 Å². The van der Waals surface area contributed by atoms with E-state index in [2.05, 4.69) is 5.32 Å². The molecule has 2 aromatic rings. The van der Waals surface area contributed by atoms with E-state index in [1.165, 1.54) is 50.3 Å². The first-order valence-electron chi connectivity index (χ1n) is 8.37. The van der Waals surface area contributed by atoms with Crippen molar-refractivity contribution >= 4 is 27.5 Å². The zero-order valence-corrected chi connectivity index (χ0v) is 17.0. The molecule has 0 atom stereocenters. The highest BCUT2D eigenvalue weighted by molar-refractivity contribution is 7.89. The van der Waals surface area contributed by atoms with Crippen LogP contribution in [0.15, 0.2) is 53.4 Å². The van der Waals surface area contributed by atoms with Gasteiger partial charge in [-0.3, -0.25) is 9.59 Å². The molecule has 0 heterocycles. The fraction of sp³-hybridized carbons (Fsp3) is 0.263. The van der Waals surface area contributed by atoms with E-state index in [1.807, 2.05) is 0 Å². The van der Waals surface area contributed by atoms with Gasteiger partial charge < -0.3 is 15.0 Å². The molecule has 0 fully saturated rings. The third-order valence-corrected chi connectivity index (χ3v) is 5.77. The summed E-state index contributed by atoms with van der Waals surface area (Å²) in [5.41, 5.74) is 0.758. The number of nitrogens with one attached hydrogen (secondary N) is 1. The standard InChI is InChI=1S/C19H23N3O5S/c1-21(2)28(25,26)17-7-5-6-14(12-17)19(24)22(3)13-18(23)20-15-8-10-16(27-4)11-9-15/h5-12H,13H2,1-4H3,(H,20,23). The van der Waals surface area contributed by atoms with Crippen LogP contribution in [0.3, 0.4) is 0 Å². The van der Waals surface area contributed by atoms with Gasteiger partial charge in [0.25, 0.3) is 5.91 Å². The third-order valence-electron chi connectivity index (χ3n) is 3.96. The lowest BCUT2D eigenvalue weighted by Gasteiger charge is -2.18. The van der Waals surface area contributed by atoms with Crippen molar-refractivity contribution in [3.8, 4) is 5.75 Å². The molecule has 150 valence electrons. The second kappa shape index (κ2) is 8.85. The number of nitrogens with zero attached hydrogens (tertiary/aromatic N) is 2. The van der Waals surface area contributed by atoms with E-state index in [1.54, 1.807) is 31.4 Å². The topological polar surface area (TPSA) is 96.0 Å². The molecule has 0 radical (unpaired) electrons. The van der Waals surface area contributed by atoms with E-state index in [4.69, 9.17) is 4.74 Å². The van der Waals surface area contributed by atoms with E-state index < -0.39 is 15.9 Å². The number of amides is 2. The number of sulfonamides is 1. The van der Waals surface area contributed by atoms with Crippen molar-refractivity contribution in [3.05, 3.63) is 54.1 Å². The second-order valence-corrected chi connectivity index (χ2v) is 8.40. The van der Waals surface area contributed by atoms with Crippen LogP contribution in [-0.4, -0.2) is 64.2 Å². The minimum absolute atomic E-state index is 0.0134. The van der Waals surface area contributed by atoms with Gasteiger partial charge in [0.05, 0.1) is 18.6 Å². The number of hydrogen-bond acceptors (Lipinski definition) is 5. The van der Waals surface area contributed by atoms with E-state index in [9.17, 15) is 18.0 Å². The molecular formula is C19H23N3O5S. The van der Waals surface area contributed by atoms with Gasteiger partial charge in [0.2, 0.25) is 15.9 Å². The molecular weight excluding hydrogens is 382 g/mol. The molecule has 0 spiro atoms. The number of hydrogen-bond donors (Lipinski definition) is 1. The van der Waals surface area contributed by atoms with Crippen molar-refractivity contribution in [2.75, 3.05) is 40.1 Å². The lowest BCUT2D eigenvalue weighted by Crippen LogP contribution is -2.35. The highest BCUT2D eigenvalue weighted by Gasteiger charge is 2.21. The zero-order chi connectivity index (χ0) is 20.9. The molecule has 1 N–H and O–H groups in total. The van der Waals surface area contributed by atoms with Crippen LogP contribution in [0.25, 0.3) is 0 Å². The number of carbonyl (C=O) groups excluding carboxylic acids is 2. The Kier molecular flexibility index (Phi) is 6.76. The summed E-state index contributed by atoms with van der Waals surface area (Å²) < 4.78 is 30.6. The summed E-state index contributed by atoms with van der Waals surface area (Å²) in [6, 6.07) is 12.5. The maximum Gasteiger partial charge on any atom is 0.254 e. The van der Waals surface area contributed by atoms with Crippen molar-refractivity contribution in [3.63, 3.8) is 0 Å². The van der Waals surface area contributed by atoms with Gasteiger partial charge in [-0.1, -0.05) is 6.07 Å². The number of carbonyl (C=O) groups is 2. The molecule has 2 rings (SSSR count).